The second kappa shape index (κ2) is 4.73. The van der Waals surface area contributed by atoms with Crippen LogP contribution in [0.5, 0.6) is 5.75 Å². The summed E-state index contributed by atoms with van der Waals surface area (Å²) >= 11 is 1.88. The molecule has 0 spiro atoms. The Kier molecular flexibility index (Phi) is 3.83. The largest absolute Gasteiger partial charge is 0.434 e. The van der Waals surface area contributed by atoms with Crippen LogP contribution in [0.25, 0.3) is 0 Å². The molecule has 0 aliphatic heterocycles. The smallest absolute Gasteiger partial charge is 0.387 e. The molecule has 0 saturated heterocycles. The summed E-state index contributed by atoms with van der Waals surface area (Å²) in [7, 11) is 0. The van der Waals surface area contributed by atoms with E-state index in [2.05, 4.69) is 4.74 Å². The molecule has 1 aromatic rings. The monoisotopic (exact) mass is 327 g/mol. The third-order valence-corrected chi connectivity index (χ3v) is 2.63. The van der Waals surface area contributed by atoms with Crippen molar-refractivity contribution >= 4 is 34.1 Å². The fraction of sp³-hybridized carbons (Fsp3) is 0.222. The maximum atomic E-state index is 12.0. The molecular weight excluding hydrogens is 319 g/mol. The van der Waals surface area contributed by atoms with Crippen molar-refractivity contribution in [2.45, 2.75) is 13.5 Å². The maximum Gasteiger partial charge on any atom is 0.387 e. The third kappa shape index (κ3) is 3.01. The highest BCUT2D eigenvalue weighted by Crippen LogP contribution is 2.28. The van der Waals surface area contributed by atoms with E-state index in [9.17, 15) is 13.6 Å². The molecule has 2 N–H and O–H groups in total. The van der Waals surface area contributed by atoms with Gasteiger partial charge < -0.3 is 10.5 Å². The number of ketones is 1. The predicted octanol–water partition coefficient (Wildman–Crippen LogP) is 2.68. The van der Waals surface area contributed by atoms with E-state index in [0.29, 0.717) is 9.26 Å². The summed E-state index contributed by atoms with van der Waals surface area (Å²) in [4.78, 5) is 11.1. The van der Waals surface area contributed by atoms with Crippen LogP contribution < -0.4 is 10.5 Å². The van der Waals surface area contributed by atoms with Crippen molar-refractivity contribution in [2.75, 3.05) is 5.73 Å². The Morgan fingerprint density at radius 2 is 2.13 bits per heavy atom. The van der Waals surface area contributed by atoms with Crippen LogP contribution in [-0.4, -0.2) is 12.4 Å². The molecule has 0 saturated carbocycles. The molecule has 0 aliphatic rings. The molecule has 15 heavy (non-hydrogen) atoms. The number of alkyl halides is 2. The number of anilines is 1. The molecule has 0 radical (unpaired) electrons. The fourth-order valence-corrected chi connectivity index (χ4v) is 1.48. The van der Waals surface area contributed by atoms with Gasteiger partial charge in [0, 0.05) is 9.26 Å². The SMILES string of the molecule is CC(=O)c1cc(N)c(I)cc1OC(F)F. The van der Waals surface area contributed by atoms with Gasteiger partial charge in [-0.3, -0.25) is 4.79 Å². The number of hydrogen-bond acceptors (Lipinski definition) is 3. The first kappa shape index (κ1) is 12.2. The molecule has 1 rings (SSSR count). The van der Waals surface area contributed by atoms with Crippen molar-refractivity contribution in [1.82, 2.24) is 0 Å². The Bertz CT molecular complexity index is 396. The highest BCUT2D eigenvalue weighted by molar-refractivity contribution is 14.1. The van der Waals surface area contributed by atoms with Gasteiger partial charge in [-0.2, -0.15) is 8.78 Å². The molecule has 0 heterocycles. The molecule has 0 aliphatic carbocycles. The zero-order valence-corrected chi connectivity index (χ0v) is 9.92. The lowest BCUT2D eigenvalue weighted by atomic mass is 10.1. The van der Waals surface area contributed by atoms with Gasteiger partial charge in [-0.25, -0.2) is 0 Å². The zero-order valence-electron chi connectivity index (χ0n) is 7.76. The topological polar surface area (TPSA) is 52.3 Å². The van der Waals surface area contributed by atoms with E-state index in [1.807, 2.05) is 22.6 Å². The lowest BCUT2D eigenvalue weighted by Crippen LogP contribution is -2.08. The first-order valence-electron chi connectivity index (χ1n) is 3.96. The van der Waals surface area contributed by atoms with Crippen molar-refractivity contribution in [3.8, 4) is 5.75 Å². The molecule has 3 nitrogen and oxygen atoms in total. The predicted molar refractivity (Wildman–Crippen MR) is 60.2 cm³/mol. The van der Waals surface area contributed by atoms with Crippen LogP contribution >= 0.6 is 22.6 Å². The summed E-state index contributed by atoms with van der Waals surface area (Å²) in [6, 6.07) is 2.65. The fourth-order valence-electron chi connectivity index (χ4n) is 1.04. The number of nitrogen functional groups attached to an aromatic ring is 1. The van der Waals surface area contributed by atoms with Crippen molar-refractivity contribution < 1.29 is 18.3 Å². The van der Waals surface area contributed by atoms with Crippen molar-refractivity contribution in [3.63, 3.8) is 0 Å². The molecule has 82 valence electrons. The lowest BCUT2D eigenvalue weighted by molar-refractivity contribution is -0.0501. The minimum atomic E-state index is -2.96. The van der Waals surface area contributed by atoms with Crippen LogP contribution in [0.4, 0.5) is 14.5 Å². The lowest BCUT2D eigenvalue weighted by Gasteiger charge is -2.10. The normalized spacial score (nSPS) is 10.5. The van der Waals surface area contributed by atoms with Gasteiger partial charge in [0.15, 0.2) is 5.78 Å². The zero-order chi connectivity index (χ0) is 11.6. The molecule has 0 unspecified atom stereocenters. The third-order valence-electron chi connectivity index (χ3n) is 1.69. The molecular formula is C9H8F2INO2. The summed E-state index contributed by atoms with van der Waals surface area (Å²) in [6.45, 7) is -1.69. The van der Waals surface area contributed by atoms with E-state index in [1.54, 1.807) is 0 Å². The van der Waals surface area contributed by atoms with Crippen LogP contribution in [0.3, 0.4) is 0 Å². The Morgan fingerprint density at radius 1 is 1.53 bits per heavy atom. The molecule has 0 amide bonds. The van der Waals surface area contributed by atoms with Crippen molar-refractivity contribution in [3.05, 3.63) is 21.3 Å². The number of hydrogen-bond donors (Lipinski definition) is 1. The van der Waals surface area contributed by atoms with Gasteiger partial charge in [-0.1, -0.05) is 0 Å². The molecule has 0 atom stereocenters. The van der Waals surface area contributed by atoms with E-state index in [0.717, 1.165) is 0 Å². The number of carbonyl (C=O) groups is 1. The van der Waals surface area contributed by atoms with Gasteiger partial charge in [0.1, 0.15) is 5.75 Å². The van der Waals surface area contributed by atoms with Crippen LogP contribution in [0.1, 0.15) is 17.3 Å². The summed E-state index contributed by atoms with van der Waals surface area (Å²) in [5.41, 5.74) is 5.98. The number of rotatable bonds is 3. The number of ether oxygens (including phenoxy) is 1. The summed E-state index contributed by atoms with van der Waals surface area (Å²) < 4.78 is 28.8. The highest BCUT2D eigenvalue weighted by atomic mass is 127. The Balaban J connectivity index is 3.22. The second-order valence-electron chi connectivity index (χ2n) is 2.80. The Hall–Kier alpha value is -0.920. The minimum Gasteiger partial charge on any atom is -0.434 e. The quantitative estimate of drug-likeness (QED) is 0.528. The van der Waals surface area contributed by atoms with Crippen LogP contribution in [0.2, 0.25) is 0 Å². The van der Waals surface area contributed by atoms with E-state index < -0.39 is 6.61 Å². The molecule has 0 aromatic heterocycles. The number of benzene rings is 1. The number of nitrogens with two attached hydrogens (primary N) is 1. The molecule has 0 bridgehead atoms. The standard InChI is InChI=1S/C9H8F2INO2/c1-4(14)5-2-7(13)6(12)3-8(5)15-9(10)11/h2-3,9H,13H2,1H3. The van der Waals surface area contributed by atoms with Crippen LogP contribution in [-0.2, 0) is 0 Å². The first-order valence-corrected chi connectivity index (χ1v) is 5.04. The van der Waals surface area contributed by atoms with Gasteiger partial charge in [0.2, 0.25) is 0 Å². The highest BCUT2D eigenvalue weighted by Gasteiger charge is 2.15. The number of carbonyl (C=O) groups excluding carboxylic acids is 1. The van der Waals surface area contributed by atoms with Crippen LogP contribution in [0, 0.1) is 3.57 Å². The maximum absolute atomic E-state index is 12.0. The molecule has 1 aromatic carbocycles. The average Bonchev–Trinajstić information content (AvgIpc) is 2.09. The Labute approximate surface area is 98.7 Å². The van der Waals surface area contributed by atoms with Gasteiger partial charge in [0.25, 0.3) is 0 Å². The average molecular weight is 327 g/mol. The van der Waals surface area contributed by atoms with Gasteiger partial charge in [0.05, 0.1) is 5.56 Å². The first-order chi connectivity index (χ1) is 6.91. The van der Waals surface area contributed by atoms with Crippen molar-refractivity contribution in [1.29, 1.82) is 0 Å². The summed E-state index contributed by atoms with van der Waals surface area (Å²) in [5, 5.41) is 0. The van der Waals surface area contributed by atoms with Gasteiger partial charge in [-0.15, -0.1) is 0 Å². The van der Waals surface area contributed by atoms with Gasteiger partial charge >= 0.3 is 6.61 Å². The van der Waals surface area contributed by atoms with E-state index in [-0.39, 0.29) is 17.1 Å². The minimum absolute atomic E-state index is 0.0632. The summed E-state index contributed by atoms with van der Waals surface area (Å²) in [5.74, 6) is -0.509. The number of halogens is 3. The van der Waals surface area contributed by atoms with Crippen LogP contribution in [0.15, 0.2) is 12.1 Å². The van der Waals surface area contributed by atoms with Crippen molar-refractivity contribution in [2.24, 2.45) is 0 Å². The molecule has 0 fully saturated rings. The van der Waals surface area contributed by atoms with E-state index in [4.69, 9.17) is 5.73 Å². The second-order valence-corrected chi connectivity index (χ2v) is 3.97. The number of Topliss-reactive ketones (excluding diaryl/α,β-unsaturated/α-hetero) is 1. The summed E-state index contributed by atoms with van der Waals surface area (Å²) in [6.07, 6.45) is 0. The van der Waals surface area contributed by atoms with E-state index in [1.165, 1.54) is 19.1 Å². The van der Waals surface area contributed by atoms with E-state index >= 15 is 0 Å². The van der Waals surface area contributed by atoms with Gasteiger partial charge in [-0.05, 0) is 41.6 Å². The molecule has 6 heteroatoms. The Morgan fingerprint density at radius 3 is 2.60 bits per heavy atom.